The van der Waals surface area contributed by atoms with Gasteiger partial charge < -0.3 is 5.32 Å². The van der Waals surface area contributed by atoms with Gasteiger partial charge in [-0.1, -0.05) is 41.7 Å². The van der Waals surface area contributed by atoms with Gasteiger partial charge in [0.1, 0.15) is 4.32 Å². The van der Waals surface area contributed by atoms with Crippen LogP contribution in [0.2, 0.25) is 0 Å². The Morgan fingerprint density at radius 3 is 2.76 bits per heavy atom. The first-order valence-electron chi connectivity index (χ1n) is 6.49. The lowest BCUT2D eigenvalue weighted by Crippen LogP contribution is -2.37. The monoisotopic (exact) mass is 340 g/mol. The number of benzene rings is 1. The first-order valence-corrected chi connectivity index (χ1v) is 8.87. The smallest absolute Gasteiger partial charge is 0.238 e. The van der Waals surface area contributed by atoms with Crippen LogP contribution in [0.5, 0.6) is 0 Å². The van der Waals surface area contributed by atoms with E-state index in [-0.39, 0.29) is 11.8 Å². The van der Waals surface area contributed by atoms with Crippen molar-refractivity contribution in [2.45, 2.75) is 11.8 Å². The first kappa shape index (κ1) is 16.3. The van der Waals surface area contributed by atoms with E-state index in [1.165, 1.54) is 29.1 Å². The summed E-state index contributed by atoms with van der Waals surface area (Å²) < 4.78 is 0.600. The molecular weight excluding hydrogens is 324 g/mol. The summed E-state index contributed by atoms with van der Waals surface area (Å²) >= 11 is 7.94. The van der Waals surface area contributed by atoms with E-state index in [4.69, 9.17) is 12.2 Å². The van der Waals surface area contributed by atoms with Crippen LogP contribution in [0, 0.1) is 6.92 Å². The summed E-state index contributed by atoms with van der Waals surface area (Å²) in [7, 11) is 0. The van der Waals surface area contributed by atoms with Crippen LogP contribution in [0.3, 0.4) is 0 Å². The van der Waals surface area contributed by atoms with Gasteiger partial charge in [-0.3, -0.25) is 14.5 Å². The average molecular weight is 340 g/mol. The van der Waals surface area contributed by atoms with Crippen LogP contribution in [0.15, 0.2) is 29.2 Å². The fourth-order valence-electron chi connectivity index (χ4n) is 1.74. The molecule has 7 heteroatoms. The van der Waals surface area contributed by atoms with Crippen LogP contribution in [-0.2, 0) is 9.59 Å². The summed E-state index contributed by atoms with van der Waals surface area (Å²) in [6.07, 6.45) is 0. The Bertz CT molecular complexity index is 530. The Labute approximate surface area is 138 Å². The zero-order valence-corrected chi connectivity index (χ0v) is 14.1. The van der Waals surface area contributed by atoms with Gasteiger partial charge in [0.05, 0.1) is 11.5 Å². The molecule has 1 N–H and O–H groups in total. The number of thioether (sulfide) groups is 2. The third kappa shape index (κ3) is 5.01. The molecule has 0 atom stereocenters. The van der Waals surface area contributed by atoms with Crippen molar-refractivity contribution in [3.63, 3.8) is 0 Å². The third-order valence-corrected chi connectivity index (χ3v) is 5.33. The van der Waals surface area contributed by atoms with E-state index in [1.807, 2.05) is 31.2 Å². The highest BCUT2D eigenvalue weighted by Crippen LogP contribution is 2.19. The van der Waals surface area contributed by atoms with Crippen molar-refractivity contribution in [1.29, 1.82) is 0 Å². The molecule has 1 fully saturated rings. The normalized spacial score (nSPS) is 14.6. The number of rotatable bonds is 6. The standard InChI is InChI=1S/C14H16N2O2S3/c1-10-2-4-11(5-3-10)20-8-12(17)15-6-7-16-13(18)9-21-14(16)19/h2-5H,6-9H2,1H3,(H,15,17). The van der Waals surface area contributed by atoms with Crippen molar-refractivity contribution in [1.82, 2.24) is 10.2 Å². The van der Waals surface area contributed by atoms with Crippen LogP contribution in [0.4, 0.5) is 0 Å². The molecule has 1 aromatic carbocycles. The highest BCUT2D eigenvalue weighted by atomic mass is 32.2. The van der Waals surface area contributed by atoms with Crippen molar-refractivity contribution >= 4 is 51.9 Å². The molecule has 1 heterocycles. The maximum atomic E-state index is 11.7. The second kappa shape index (κ2) is 7.82. The van der Waals surface area contributed by atoms with E-state index in [0.29, 0.717) is 28.9 Å². The summed E-state index contributed by atoms with van der Waals surface area (Å²) in [5, 5.41) is 2.81. The molecule has 0 bridgehead atoms. The summed E-state index contributed by atoms with van der Waals surface area (Å²) in [5.74, 6) is 0.769. The summed E-state index contributed by atoms with van der Waals surface area (Å²) in [5.41, 5.74) is 1.20. The van der Waals surface area contributed by atoms with Gasteiger partial charge in [-0.15, -0.1) is 11.8 Å². The number of amides is 2. The van der Waals surface area contributed by atoms with Crippen molar-refractivity contribution < 1.29 is 9.59 Å². The lowest BCUT2D eigenvalue weighted by atomic mass is 10.2. The highest BCUT2D eigenvalue weighted by molar-refractivity contribution is 8.23. The number of nitrogens with one attached hydrogen (secondary N) is 1. The average Bonchev–Trinajstić information content (AvgIpc) is 2.78. The highest BCUT2D eigenvalue weighted by Gasteiger charge is 2.25. The Morgan fingerprint density at radius 2 is 2.14 bits per heavy atom. The number of aryl methyl sites for hydroxylation is 1. The van der Waals surface area contributed by atoms with Gasteiger partial charge in [0.25, 0.3) is 0 Å². The van der Waals surface area contributed by atoms with E-state index in [1.54, 1.807) is 4.90 Å². The van der Waals surface area contributed by atoms with Gasteiger partial charge in [0.15, 0.2) is 0 Å². The van der Waals surface area contributed by atoms with Gasteiger partial charge in [0.2, 0.25) is 11.8 Å². The number of carbonyl (C=O) groups is 2. The second-order valence-corrected chi connectivity index (χ2v) is 7.21. The van der Waals surface area contributed by atoms with Crippen LogP contribution < -0.4 is 5.32 Å². The quantitative estimate of drug-likeness (QED) is 0.635. The van der Waals surface area contributed by atoms with Gasteiger partial charge >= 0.3 is 0 Å². The Balaban J connectivity index is 1.67. The molecule has 1 aliphatic heterocycles. The van der Waals surface area contributed by atoms with Crippen LogP contribution in [0.1, 0.15) is 5.56 Å². The maximum absolute atomic E-state index is 11.7. The molecule has 0 aliphatic carbocycles. The van der Waals surface area contributed by atoms with Crippen molar-refractivity contribution in [2.75, 3.05) is 24.6 Å². The van der Waals surface area contributed by atoms with Crippen LogP contribution in [0.25, 0.3) is 0 Å². The number of hydrogen-bond acceptors (Lipinski definition) is 5. The molecular formula is C14H16N2O2S3. The van der Waals surface area contributed by atoms with Crippen LogP contribution in [-0.4, -0.2) is 45.6 Å². The molecule has 4 nitrogen and oxygen atoms in total. The minimum atomic E-state index is -0.0363. The lowest BCUT2D eigenvalue weighted by Gasteiger charge is -2.15. The molecule has 112 valence electrons. The van der Waals surface area contributed by atoms with Gasteiger partial charge in [-0.2, -0.15) is 0 Å². The van der Waals surface area contributed by atoms with E-state index in [9.17, 15) is 9.59 Å². The molecule has 1 aromatic rings. The van der Waals surface area contributed by atoms with Crippen molar-refractivity contribution in [3.8, 4) is 0 Å². The molecule has 1 aliphatic rings. The largest absolute Gasteiger partial charge is 0.354 e. The van der Waals surface area contributed by atoms with Crippen molar-refractivity contribution in [2.24, 2.45) is 0 Å². The Hall–Kier alpha value is -1.05. The third-order valence-electron chi connectivity index (χ3n) is 2.89. The van der Waals surface area contributed by atoms with Gasteiger partial charge in [0, 0.05) is 18.0 Å². The molecule has 0 aromatic heterocycles. The van der Waals surface area contributed by atoms with E-state index in [0.717, 1.165) is 4.90 Å². The van der Waals surface area contributed by atoms with E-state index >= 15 is 0 Å². The van der Waals surface area contributed by atoms with E-state index in [2.05, 4.69) is 5.32 Å². The zero-order valence-electron chi connectivity index (χ0n) is 11.6. The second-order valence-electron chi connectivity index (χ2n) is 4.55. The minimum Gasteiger partial charge on any atom is -0.354 e. The summed E-state index contributed by atoms with van der Waals surface area (Å²) in [4.78, 5) is 25.9. The predicted octanol–water partition coefficient (Wildman–Crippen LogP) is 2.06. The number of thiocarbonyl (C=S) groups is 1. The minimum absolute atomic E-state index is 0.0216. The fraction of sp³-hybridized carbons (Fsp3) is 0.357. The molecule has 1 saturated heterocycles. The Kier molecular flexibility index (Phi) is 6.08. The maximum Gasteiger partial charge on any atom is 0.238 e. The molecule has 2 rings (SSSR count). The Morgan fingerprint density at radius 1 is 1.43 bits per heavy atom. The number of nitrogens with zero attached hydrogens (tertiary/aromatic N) is 1. The lowest BCUT2D eigenvalue weighted by molar-refractivity contribution is -0.124. The van der Waals surface area contributed by atoms with Gasteiger partial charge in [-0.05, 0) is 19.1 Å². The molecule has 0 unspecified atom stereocenters. The first-order chi connectivity index (χ1) is 10.1. The summed E-state index contributed by atoms with van der Waals surface area (Å²) in [6.45, 7) is 2.91. The van der Waals surface area contributed by atoms with Crippen molar-refractivity contribution in [3.05, 3.63) is 29.8 Å². The molecule has 21 heavy (non-hydrogen) atoms. The predicted molar refractivity (Wildman–Crippen MR) is 91.7 cm³/mol. The zero-order chi connectivity index (χ0) is 15.2. The number of carbonyl (C=O) groups excluding carboxylic acids is 2. The summed E-state index contributed by atoms with van der Waals surface area (Å²) in [6, 6.07) is 8.06. The topological polar surface area (TPSA) is 49.4 Å². The van der Waals surface area contributed by atoms with Gasteiger partial charge in [-0.25, -0.2) is 0 Å². The fourth-order valence-corrected chi connectivity index (χ4v) is 3.59. The molecule has 0 spiro atoms. The van der Waals surface area contributed by atoms with Crippen LogP contribution >= 0.6 is 35.7 Å². The molecule has 0 radical (unpaired) electrons. The molecule has 0 saturated carbocycles. The molecule has 2 amide bonds. The van der Waals surface area contributed by atoms with E-state index < -0.39 is 0 Å². The number of hydrogen-bond donors (Lipinski definition) is 1. The SMILES string of the molecule is Cc1ccc(SCC(=O)NCCN2C(=O)CSC2=S)cc1.